The molecule has 0 aliphatic carbocycles. The van der Waals surface area contributed by atoms with Crippen LogP contribution >= 0.6 is 0 Å². The van der Waals surface area contributed by atoms with Gasteiger partial charge in [-0.25, -0.2) is 4.79 Å². The molecule has 7 nitrogen and oxygen atoms in total. The number of hydrogen-bond donors (Lipinski definition) is 2. The predicted molar refractivity (Wildman–Crippen MR) is 137 cm³/mol. The van der Waals surface area contributed by atoms with Crippen molar-refractivity contribution in [1.29, 1.82) is 0 Å². The van der Waals surface area contributed by atoms with Gasteiger partial charge >= 0.3 is 12.5 Å². The van der Waals surface area contributed by atoms with E-state index in [0.29, 0.717) is 28.9 Å². The van der Waals surface area contributed by atoms with Crippen molar-refractivity contribution in [3.8, 4) is 28.3 Å². The molecule has 1 aliphatic heterocycles. The minimum Gasteiger partial charge on any atom is -0.465 e. The molecule has 2 heterocycles. The Morgan fingerprint density at radius 2 is 1.92 bits per heavy atom. The quantitative estimate of drug-likeness (QED) is 0.378. The maximum absolute atomic E-state index is 12.8. The lowest BCUT2D eigenvalue weighted by atomic mass is 10.0. The van der Waals surface area contributed by atoms with E-state index in [1.165, 1.54) is 23.1 Å². The van der Waals surface area contributed by atoms with Crippen LogP contribution in [0.5, 0.6) is 5.75 Å². The summed E-state index contributed by atoms with van der Waals surface area (Å²) in [7, 11) is -1.87. The number of fused-ring (bicyclic) bond motifs is 1. The van der Waals surface area contributed by atoms with Gasteiger partial charge in [0, 0.05) is 24.2 Å². The van der Waals surface area contributed by atoms with E-state index in [-0.39, 0.29) is 30.8 Å². The second-order valence-corrected chi connectivity index (χ2v) is 15.7. The van der Waals surface area contributed by atoms with E-state index in [1.807, 2.05) is 20.8 Å². The van der Waals surface area contributed by atoms with E-state index in [9.17, 15) is 27.9 Å². The number of benzene rings is 1. The van der Waals surface area contributed by atoms with E-state index in [0.717, 1.165) is 0 Å². The highest BCUT2D eigenvalue weighted by Gasteiger charge is 2.34. The zero-order chi connectivity index (χ0) is 27.8. The number of halogens is 3. The van der Waals surface area contributed by atoms with Gasteiger partial charge in [-0.05, 0) is 51.0 Å². The lowest BCUT2D eigenvalue weighted by molar-refractivity contribution is -0.274. The maximum Gasteiger partial charge on any atom is 0.573 e. The Hall–Kier alpha value is -3.39. The van der Waals surface area contributed by atoms with Gasteiger partial charge in [-0.2, -0.15) is 0 Å². The maximum atomic E-state index is 12.8. The van der Waals surface area contributed by atoms with Gasteiger partial charge in [-0.1, -0.05) is 37.7 Å². The van der Waals surface area contributed by atoms with Crippen molar-refractivity contribution < 1.29 is 32.6 Å². The summed E-state index contributed by atoms with van der Waals surface area (Å²) in [6.07, 6.45) is -5.47. The lowest BCUT2D eigenvalue weighted by Crippen LogP contribution is -2.47. The monoisotopic (exact) mass is 535 g/mol. The van der Waals surface area contributed by atoms with Gasteiger partial charge in [0.1, 0.15) is 25.2 Å². The number of rotatable bonds is 5. The molecule has 11 heteroatoms. The first-order chi connectivity index (χ1) is 17.0. The third-order valence-corrected chi connectivity index (χ3v) is 6.67. The van der Waals surface area contributed by atoms with Gasteiger partial charge in [0.05, 0.1) is 6.04 Å². The number of aromatic nitrogens is 1. The number of nitrogens with one attached hydrogen (secondary N) is 1. The van der Waals surface area contributed by atoms with Crippen LogP contribution < -0.4 is 10.1 Å². The SMILES string of the molecule is CC(C)(C)N(CCC1CNC(=O)c2cc(-c3cccc(OC(F)(F)F)c3)c(C#C[Si](C)(C)C)n21)C(=O)O. The van der Waals surface area contributed by atoms with Crippen molar-refractivity contribution in [2.45, 2.75) is 64.8 Å². The molecule has 1 atom stereocenters. The van der Waals surface area contributed by atoms with Crippen LogP contribution in [0.25, 0.3) is 11.1 Å². The van der Waals surface area contributed by atoms with E-state index in [2.05, 4.69) is 41.2 Å². The normalized spacial score (nSPS) is 15.8. The molecule has 0 saturated heterocycles. The number of carbonyl (C=O) groups is 2. The zero-order valence-corrected chi connectivity index (χ0v) is 22.8. The summed E-state index contributed by atoms with van der Waals surface area (Å²) < 4.78 is 44.4. The summed E-state index contributed by atoms with van der Waals surface area (Å²) in [5, 5.41) is 12.6. The van der Waals surface area contributed by atoms with Crippen molar-refractivity contribution in [3.63, 3.8) is 0 Å². The van der Waals surface area contributed by atoms with Gasteiger partial charge in [0.2, 0.25) is 0 Å². The van der Waals surface area contributed by atoms with E-state index in [1.54, 1.807) is 16.7 Å². The summed E-state index contributed by atoms with van der Waals surface area (Å²) in [5.41, 5.74) is 4.46. The smallest absolute Gasteiger partial charge is 0.465 e. The van der Waals surface area contributed by atoms with Crippen LogP contribution in [0.2, 0.25) is 19.6 Å². The molecule has 1 unspecified atom stereocenters. The van der Waals surface area contributed by atoms with Gasteiger partial charge in [-0.3, -0.25) is 4.79 Å². The van der Waals surface area contributed by atoms with Crippen molar-refractivity contribution in [2.75, 3.05) is 13.1 Å². The lowest BCUT2D eigenvalue weighted by Gasteiger charge is -2.35. The zero-order valence-electron chi connectivity index (χ0n) is 21.8. The summed E-state index contributed by atoms with van der Waals surface area (Å²) >= 11 is 0. The summed E-state index contributed by atoms with van der Waals surface area (Å²) in [6, 6.07) is 6.90. The Kier molecular flexibility index (Phi) is 7.74. The predicted octanol–water partition coefficient (Wildman–Crippen LogP) is 5.74. The largest absolute Gasteiger partial charge is 0.573 e. The van der Waals surface area contributed by atoms with Crippen molar-refractivity contribution in [2.24, 2.45) is 0 Å². The average Bonchev–Trinajstić information content (AvgIpc) is 3.12. The fourth-order valence-corrected chi connectivity index (χ4v) is 4.65. The van der Waals surface area contributed by atoms with Crippen LogP contribution in [0, 0.1) is 11.5 Å². The third kappa shape index (κ3) is 7.10. The highest BCUT2D eigenvalue weighted by atomic mass is 28.3. The second-order valence-electron chi connectivity index (χ2n) is 11.0. The highest BCUT2D eigenvalue weighted by Crippen LogP contribution is 2.35. The standard InChI is InChI=1S/C26H32F3N3O4Si/c1-25(2,3)31(24(34)35)12-10-18-16-30-23(33)22-15-20(21(32(18)22)11-13-37(4,5)6)17-8-7-9-19(14-17)36-26(27,28)29/h7-9,14-15,18H,10,12,16H2,1-6H3,(H,30,33)(H,34,35). The topological polar surface area (TPSA) is 83.8 Å². The number of hydrogen-bond acceptors (Lipinski definition) is 3. The van der Waals surface area contributed by atoms with Crippen molar-refractivity contribution >= 4 is 20.1 Å². The molecule has 2 aromatic rings. The van der Waals surface area contributed by atoms with Gasteiger partial charge in [-0.15, -0.1) is 18.7 Å². The molecule has 0 bridgehead atoms. The Morgan fingerprint density at radius 3 is 2.49 bits per heavy atom. The molecular weight excluding hydrogens is 503 g/mol. The molecule has 3 rings (SSSR count). The minimum absolute atomic E-state index is 0.224. The summed E-state index contributed by atoms with van der Waals surface area (Å²) in [6.45, 7) is 12.1. The van der Waals surface area contributed by atoms with Crippen molar-refractivity contribution in [3.05, 3.63) is 41.7 Å². The molecule has 200 valence electrons. The first-order valence-corrected chi connectivity index (χ1v) is 15.4. The number of amides is 2. The van der Waals surface area contributed by atoms with E-state index >= 15 is 0 Å². The Balaban J connectivity index is 2.13. The number of carbonyl (C=O) groups excluding carboxylic acids is 1. The van der Waals surface area contributed by atoms with Gasteiger partial charge < -0.3 is 24.6 Å². The van der Waals surface area contributed by atoms with Crippen LogP contribution in [0.1, 0.15) is 49.4 Å². The summed E-state index contributed by atoms with van der Waals surface area (Å²) in [4.78, 5) is 26.0. The van der Waals surface area contributed by atoms with Crippen LogP contribution in [-0.4, -0.2) is 59.6 Å². The average molecular weight is 536 g/mol. The molecule has 0 saturated carbocycles. The minimum atomic E-state index is -4.84. The number of nitrogens with zero attached hydrogens (tertiary/aromatic N) is 2. The first-order valence-electron chi connectivity index (χ1n) is 11.9. The van der Waals surface area contributed by atoms with Crippen molar-refractivity contribution in [1.82, 2.24) is 14.8 Å². The fourth-order valence-electron chi connectivity index (χ4n) is 4.15. The molecular formula is C26H32F3N3O4Si. The van der Waals surface area contributed by atoms with Gasteiger partial charge in [0.25, 0.3) is 5.91 Å². The highest BCUT2D eigenvalue weighted by molar-refractivity contribution is 6.83. The van der Waals surface area contributed by atoms with E-state index < -0.39 is 26.1 Å². The van der Waals surface area contributed by atoms with Gasteiger partial charge in [0.15, 0.2) is 0 Å². The fraction of sp³-hybridized carbons (Fsp3) is 0.462. The Labute approximate surface area is 215 Å². The van der Waals surface area contributed by atoms with Crippen LogP contribution in [0.15, 0.2) is 30.3 Å². The molecule has 1 aromatic heterocycles. The second kappa shape index (κ2) is 10.2. The van der Waals surface area contributed by atoms with Crippen LogP contribution in [0.4, 0.5) is 18.0 Å². The first kappa shape index (κ1) is 28.2. The number of ether oxygens (including phenoxy) is 1. The Bertz CT molecular complexity index is 1250. The molecule has 37 heavy (non-hydrogen) atoms. The molecule has 1 aromatic carbocycles. The number of alkyl halides is 3. The number of carboxylic acid groups (broad SMARTS) is 1. The molecule has 2 N–H and O–H groups in total. The molecule has 0 spiro atoms. The molecule has 1 aliphatic rings. The molecule has 0 fully saturated rings. The Morgan fingerprint density at radius 1 is 1.24 bits per heavy atom. The van der Waals surface area contributed by atoms with Crippen LogP contribution in [0.3, 0.4) is 0 Å². The van der Waals surface area contributed by atoms with Crippen LogP contribution in [-0.2, 0) is 0 Å². The molecule has 2 amide bonds. The van der Waals surface area contributed by atoms with E-state index in [4.69, 9.17) is 0 Å². The summed E-state index contributed by atoms with van der Waals surface area (Å²) in [5.74, 6) is 2.52. The molecule has 0 radical (unpaired) electrons. The third-order valence-electron chi connectivity index (χ3n) is 5.79.